The predicted molar refractivity (Wildman–Crippen MR) is 99.6 cm³/mol. The van der Waals surface area contributed by atoms with E-state index in [4.69, 9.17) is 22.1 Å². The summed E-state index contributed by atoms with van der Waals surface area (Å²) in [6.07, 6.45) is 1.48. The first-order valence-corrected chi connectivity index (χ1v) is 7.79. The maximum absolute atomic E-state index is 10.9. The van der Waals surface area contributed by atoms with Gasteiger partial charge in [-0.25, -0.2) is 4.79 Å². The van der Waals surface area contributed by atoms with Gasteiger partial charge >= 0.3 is 5.97 Å². The predicted octanol–water partition coefficient (Wildman–Crippen LogP) is 2.81. The Balaban J connectivity index is 1.93. The number of phenols is 1. The molecule has 0 atom stereocenters. The Labute approximate surface area is 150 Å². The average Bonchev–Trinajstić information content (AvgIpc) is 2.57. The fourth-order valence-electron chi connectivity index (χ4n) is 1.95. The van der Waals surface area contributed by atoms with Gasteiger partial charge < -0.3 is 20.3 Å². The van der Waals surface area contributed by atoms with Crippen molar-refractivity contribution < 1.29 is 19.7 Å². The zero-order valence-electron chi connectivity index (χ0n) is 13.4. The van der Waals surface area contributed by atoms with E-state index in [0.29, 0.717) is 23.6 Å². The minimum absolute atomic E-state index is 0.0250. The third-order valence-electron chi connectivity index (χ3n) is 3.03. The van der Waals surface area contributed by atoms with Gasteiger partial charge in [-0.15, -0.1) is 0 Å². The van der Waals surface area contributed by atoms with Crippen molar-refractivity contribution in [3.05, 3.63) is 53.6 Å². The molecular formula is C17H17N3O4S. The number of phenolic OH excluding ortho intramolecular Hbond substituents is 1. The highest BCUT2D eigenvalue weighted by molar-refractivity contribution is 7.80. The highest BCUT2D eigenvalue weighted by Gasteiger charge is 2.04. The van der Waals surface area contributed by atoms with Crippen LogP contribution in [-0.4, -0.2) is 34.1 Å². The number of hydrogen-bond acceptors (Lipinski definition) is 5. The van der Waals surface area contributed by atoms with E-state index < -0.39 is 5.97 Å². The number of hydrazone groups is 1. The van der Waals surface area contributed by atoms with Gasteiger partial charge in [0.05, 0.1) is 18.4 Å². The van der Waals surface area contributed by atoms with Crippen molar-refractivity contribution in [3.63, 3.8) is 0 Å². The lowest BCUT2D eigenvalue weighted by Crippen LogP contribution is -2.24. The van der Waals surface area contributed by atoms with Gasteiger partial charge in [0.1, 0.15) is 0 Å². The van der Waals surface area contributed by atoms with Crippen LogP contribution in [0.15, 0.2) is 47.6 Å². The summed E-state index contributed by atoms with van der Waals surface area (Å²) in [5.41, 5.74) is 3.96. The Kier molecular flexibility index (Phi) is 6.30. The quantitative estimate of drug-likeness (QED) is 0.357. The van der Waals surface area contributed by atoms with Crippen LogP contribution < -0.4 is 15.5 Å². The summed E-state index contributed by atoms with van der Waals surface area (Å²) in [7, 11) is 0. The van der Waals surface area contributed by atoms with Gasteiger partial charge in [-0.05, 0) is 61.1 Å². The molecule has 0 saturated carbocycles. The van der Waals surface area contributed by atoms with E-state index in [1.54, 1.807) is 24.3 Å². The number of aromatic hydroxyl groups is 1. The molecule has 0 heterocycles. The van der Waals surface area contributed by atoms with Gasteiger partial charge in [0, 0.05) is 5.69 Å². The van der Waals surface area contributed by atoms with Crippen LogP contribution in [0.25, 0.3) is 0 Å². The lowest BCUT2D eigenvalue weighted by Gasteiger charge is -2.08. The third kappa shape index (κ3) is 5.47. The topological polar surface area (TPSA) is 103 Å². The third-order valence-corrected chi connectivity index (χ3v) is 3.22. The number of benzene rings is 2. The van der Waals surface area contributed by atoms with Gasteiger partial charge in [0.25, 0.3) is 0 Å². The Morgan fingerprint density at radius 2 is 2.12 bits per heavy atom. The van der Waals surface area contributed by atoms with Crippen molar-refractivity contribution in [1.29, 1.82) is 0 Å². The summed E-state index contributed by atoms with van der Waals surface area (Å²) in [5.74, 6) is -0.587. The molecule has 0 aromatic heterocycles. The van der Waals surface area contributed by atoms with E-state index in [2.05, 4.69) is 15.8 Å². The molecule has 0 aliphatic carbocycles. The van der Waals surface area contributed by atoms with Crippen molar-refractivity contribution in [1.82, 2.24) is 5.43 Å². The number of nitrogens with zero attached hydrogens (tertiary/aromatic N) is 1. The monoisotopic (exact) mass is 359 g/mol. The van der Waals surface area contributed by atoms with Crippen LogP contribution in [-0.2, 0) is 0 Å². The van der Waals surface area contributed by atoms with Crippen LogP contribution in [0.2, 0.25) is 0 Å². The summed E-state index contributed by atoms with van der Waals surface area (Å²) in [4.78, 5) is 10.9. The molecule has 2 aromatic carbocycles. The molecular weight excluding hydrogens is 342 g/mol. The number of carboxylic acids is 1. The van der Waals surface area contributed by atoms with Crippen molar-refractivity contribution in [3.8, 4) is 11.5 Å². The standard InChI is InChI=1S/C17H17N3O4S/c1-2-24-15-7-6-11(8-14(15)21)10-18-20-17(25)19-13-5-3-4-12(9-13)16(22)23/h3-10,21H,2H2,1H3,(H,22,23)(H2,19,20,25). The maximum Gasteiger partial charge on any atom is 0.335 e. The van der Waals surface area contributed by atoms with Crippen molar-refractivity contribution in [2.24, 2.45) is 5.10 Å². The van der Waals surface area contributed by atoms with E-state index in [9.17, 15) is 9.90 Å². The molecule has 7 nitrogen and oxygen atoms in total. The SMILES string of the molecule is CCOc1ccc(C=NNC(=S)Nc2cccc(C(=O)O)c2)cc1O. The first kappa shape index (κ1) is 18.2. The Morgan fingerprint density at radius 1 is 1.32 bits per heavy atom. The molecule has 0 aliphatic heterocycles. The highest BCUT2D eigenvalue weighted by atomic mass is 32.1. The van der Waals surface area contributed by atoms with E-state index in [1.807, 2.05) is 6.92 Å². The number of ether oxygens (including phenoxy) is 1. The number of anilines is 1. The molecule has 4 N–H and O–H groups in total. The second-order valence-corrected chi connectivity index (χ2v) is 5.28. The van der Waals surface area contributed by atoms with Crippen LogP contribution in [0.5, 0.6) is 11.5 Å². The first-order chi connectivity index (χ1) is 12.0. The van der Waals surface area contributed by atoms with E-state index in [-0.39, 0.29) is 16.4 Å². The number of hydrogen-bond donors (Lipinski definition) is 4. The largest absolute Gasteiger partial charge is 0.504 e. The van der Waals surface area contributed by atoms with Crippen LogP contribution in [0.4, 0.5) is 5.69 Å². The number of aromatic carboxylic acids is 1. The van der Waals surface area contributed by atoms with Crippen molar-refractivity contribution in [2.75, 3.05) is 11.9 Å². The molecule has 0 amide bonds. The summed E-state index contributed by atoms with van der Waals surface area (Å²) < 4.78 is 5.24. The fraction of sp³-hybridized carbons (Fsp3) is 0.118. The van der Waals surface area contributed by atoms with Gasteiger partial charge in [0.2, 0.25) is 0 Å². The lowest BCUT2D eigenvalue weighted by atomic mass is 10.2. The summed E-state index contributed by atoms with van der Waals surface area (Å²) >= 11 is 5.09. The minimum atomic E-state index is -1.02. The number of thiocarbonyl (C=S) groups is 1. The number of rotatable bonds is 6. The number of carboxylic acid groups (broad SMARTS) is 1. The lowest BCUT2D eigenvalue weighted by molar-refractivity contribution is 0.0697. The number of nitrogens with one attached hydrogen (secondary N) is 2. The first-order valence-electron chi connectivity index (χ1n) is 7.39. The van der Waals surface area contributed by atoms with Crippen molar-refractivity contribution >= 4 is 35.2 Å². The second-order valence-electron chi connectivity index (χ2n) is 4.87. The molecule has 0 fully saturated rings. The van der Waals surface area contributed by atoms with Crippen LogP contribution in [0.1, 0.15) is 22.8 Å². The normalized spacial score (nSPS) is 10.4. The smallest absolute Gasteiger partial charge is 0.335 e. The van der Waals surface area contributed by atoms with E-state index in [1.165, 1.54) is 24.4 Å². The fourth-order valence-corrected chi connectivity index (χ4v) is 2.12. The second kappa shape index (κ2) is 8.65. The molecule has 0 radical (unpaired) electrons. The molecule has 0 aliphatic rings. The van der Waals surface area contributed by atoms with Crippen LogP contribution in [0.3, 0.4) is 0 Å². The zero-order valence-corrected chi connectivity index (χ0v) is 14.2. The molecule has 0 unspecified atom stereocenters. The van der Waals surface area contributed by atoms with Crippen LogP contribution >= 0.6 is 12.2 Å². The summed E-state index contributed by atoms with van der Waals surface area (Å²) in [6.45, 7) is 2.30. The molecule has 2 rings (SSSR count). The van der Waals surface area contributed by atoms with Crippen molar-refractivity contribution in [2.45, 2.75) is 6.92 Å². The van der Waals surface area contributed by atoms with Gasteiger partial charge in [-0.1, -0.05) is 6.07 Å². The Hall–Kier alpha value is -3.13. The van der Waals surface area contributed by atoms with Gasteiger partial charge in [0.15, 0.2) is 16.6 Å². The number of carbonyl (C=O) groups is 1. The summed E-state index contributed by atoms with van der Waals surface area (Å²) in [5, 5.41) is 25.8. The van der Waals surface area contributed by atoms with Gasteiger partial charge in [-0.3, -0.25) is 5.43 Å². The van der Waals surface area contributed by atoms with Crippen LogP contribution in [0, 0.1) is 0 Å². The molecule has 0 saturated heterocycles. The minimum Gasteiger partial charge on any atom is -0.504 e. The average molecular weight is 359 g/mol. The molecule has 25 heavy (non-hydrogen) atoms. The maximum atomic E-state index is 10.9. The zero-order chi connectivity index (χ0) is 18.2. The van der Waals surface area contributed by atoms with E-state index >= 15 is 0 Å². The summed E-state index contributed by atoms with van der Waals surface area (Å²) in [6, 6.07) is 11.2. The van der Waals surface area contributed by atoms with Gasteiger partial charge in [-0.2, -0.15) is 5.10 Å². The molecule has 0 spiro atoms. The molecule has 130 valence electrons. The molecule has 0 bridgehead atoms. The van der Waals surface area contributed by atoms with E-state index in [0.717, 1.165) is 0 Å². The molecule has 8 heteroatoms. The Bertz CT molecular complexity index is 808. The Morgan fingerprint density at radius 3 is 2.80 bits per heavy atom. The molecule has 2 aromatic rings. The highest BCUT2D eigenvalue weighted by Crippen LogP contribution is 2.26.